The summed E-state index contributed by atoms with van der Waals surface area (Å²) in [6.45, 7) is 0. The molecule has 2 aromatic carbocycles. The maximum absolute atomic E-state index is 12.2. The van der Waals surface area contributed by atoms with Crippen molar-refractivity contribution < 1.29 is 9.59 Å². The topological polar surface area (TPSA) is 71.1 Å². The maximum Gasteiger partial charge on any atom is 0.257 e. The Morgan fingerprint density at radius 2 is 1.69 bits per heavy atom. The molecule has 0 aliphatic carbocycles. The van der Waals surface area contributed by atoms with E-state index in [9.17, 15) is 9.59 Å². The molecule has 26 heavy (non-hydrogen) atoms. The molecular weight excluding hydrogens is 350 g/mol. The summed E-state index contributed by atoms with van der Waals surface area (Å²) in [4.78, 5) is 28.3. The number of nitrogens with zero attached hydrogens (tertiary/aromatic N) is 1. The lowest BCUT2D eigenvalue weighted by Crippen LogP contribution is -2.15. The van der Waals surface area contributed by atoms with Gasteiger partial charge in [0.1, 0.15) is 0 Å². The molecule has 0 aliphatic heterocycles. The van der Waals surface area contributed by atoms with Gasteiger partial charge in [0, 0.05) is 28.8 Å². The molecule has 0 spiro atoms. The van der Waals surface area contributed by atoms with Gasteiger partial charge in [-0.25, -0.2) is 0 Å². The molecule has 2 amide bonds. The van der Waals surface area contributed by atoms with Crippen LogP contribution in [-0.4, -0.2) is 16.8 Å². The van der Waals surface area contributed by atoms with Gasteiger partial charge in [-0.05, 0) is 48.0 Å². The summed E-state index contributed by atoms with van der Waals surface area (Å²) in [5.41, 5.74) is 2.47. The Balaban J connectivity index is 1.63. The zero-order valence-electron chi connectivity index (χ0n) is 13.8. The third-order valence-corrected chi connectivity index (χ3v) is 3.82. The fraction of sp³-hybridized carbons (Fsp3) is 0.0500. The minimum absolute atomic E-state index is 0.164. The fourth-order valence-electron chi connectivity index (χ4n) is 2.41. The van der Waals surface area contributed by atoms with Gasteiger partial charge in [0.2, 0.25) is 5.91 Å². The summed E-state index contributed by atoms with van der Waals surface area (Å²) >= 11 is 5.93. The summed E-state index contributed by atoms with van der Waals surface area (Å²) in [5, 5.41) is 6.19. The minimum atomic E-state index is -0.263. The molecule has 0 atom stereocenters. The van der Waals surface area contributed by atoms with Gasteiger partial charge in [0.05, 0.1) is 12.0 Å². The molecule has 130 valence electrons. The van der Waals surface area contributed by atoms with Crippen molar-refractivity contribution in [2.45, 2.75) is 6.42 Å². The number of amides is 2. The Labute approximate surface area is 156 Å². The van der Waals surface area contributed by atoms with Crippen LogP contribution in [0.1, 0.15) is 15.9 Å². The highest BCUT2D eigenvalue weighted by Gasteiger charge is 2.08. The first-order chi connectivity index (χ1) is 12.6. The molecule has 5 nitrogen and oxygen atoms in total. The van der Waals surface area contributed by atoms with Crippen LogP contribution in [0.4, 0.5) is 11.4 Å². The lowest BCUT2D eigenvalue weighted by molar-refractivity contribution is -0.115. The Kier molecular flexibility index (Phi) is 5.61. The lowest BCUT2D eigenvalue weighted by Gasteiger charge is -2.09. The monoisotopic (exact) mass is 365 g/mol. The average Bonchev–Trinajstić information content (AvgIpc) is 2.62. The molecule has 3 rings (SSSR count). The number of aromatic nitrogens is 1. The van der Waals surface area contributed by atoms with E-state index in [-0.39, 0.29) is 18.2 Å². The van der Waals surface area contributed by atoms with E-state index in [1.807, 2.05) is 6.07 Å². The maximum atomic E-state index is 12.2. The predicted molar refractivity (Wildman–Crippen MR) is 102 cm³/mol. The molecule has 0 saturated heterocycles. The molecule has 1 aromatic heterocycles. The number of hydrogen-bond acceptors (Lipinski definition) is 3. The normalized spacial score (nSPS) is 10.2. The molecule has 0 saturated carbocycles. The highest BCUT2D eigenvalue weighted by atomic mass is 35.5. The van der Waals surface area contributed by atoms with E-state index in [1.54, 1.807) is 60.8 Å². The third-order valence-electron chi connectivity index (χ3n) is 3.58. The smallest absolute Gasteiger partial charge is 0.257 e. The predicted octanol–water partition coefficient (Wildman–Crippen LogP) is 4.17. The van der Waals surface area contributed by atoms with Crippen LogP contribution in [0.3, 0.4) is 0 Å². The van der Waals surface area contributed by atoms with Crippen molar-refractivity contribution in [3.8, 4) is 0 Å². The van der Waals surface area contributed by atoms with E-state index in [1.165, 1.54) is 6.20 Å². The Morgan fingerprint density at radius 3 is 2.42 bits per heavy atom. The standard InChI is InChI=1S/C20H16ClN3O2/c21-16-6-1-4-14(10-16)11-19(25)23-17-7-2-8-18(12-17)24-20(26)15-5-3-9-22-13-15/h1-10,12-13H,11H2,(H,23,25)(H,24,26). The van der Waals surface area contributed by atoms with E-state index in [2.05, 4.69) is 15.6 Å². The number of halogens is 1. The minimum Gasteiger partial charge on any atom is -0.326 e. The Hall–Kier alpha value is -3.18. The number of carbonyl (C=O) groups is 2. The van der Waals surface area contributed by atoms with E-state index < -0.39 is 0 Å². The number of anilines is 2. The van der Waals surface area contributed by atoms with Crippen molar-refractivity contribution in [3.63, 3.8) is 0 Å². The van der Waals surface area contributed by atoms with Gasteiger partial charge in [0.15, 0.2) is 0 Å². The van der Waals surface area contributed by atoms with Gasteiger partial charge < -0.3 is 10.6 Å². The van der Waals surface area contributed by atoms with Gasteiger partial charge in [-0.15, -0.1) is 0 Å². The molecule has 3 aromatic rings. The van der Waals surface area contributed by atoms with Crippen LogP contribution in [0.15, 0.2) is 73.1 Å². The molecule has 6 heteroatoms. The Bertz CT molecular complexity index is 929. The second kappa shape index (κ2) is 8.27. The van der Waals surface area contributed by atoms with Crippen LogP contribution in [0, 0.1) is 0 Å². The zero-order valence-corrected chi connectivity index (χ0v) is 14.5. The lowest BCUT2D eigenvalue weighted by atomic mass is 10.1. The highest BCUT2D eigenvalue weighted by molar-refractivity contribution is 6.30. The average molecular weight is 366 g/mol. The number of hydrogen-bond donors (Lipinski definition) is 2. The van der Waals surface area contributed by atoms with E-state index in [4.69, 9.17) is 11.6 Å². The molecule has 0 unspecified atom stereocenters. The van der Waals surface area contributed by atoms with Gasteiger partial charge in [-0.2, -0.15) is 0 Å². The second-order valence-electron chi connectivity index (χ2n) is 5.63. The molecule has 0 aliphatic rings. The van der Waals surface area contributed by atoms with Crippen LogP contribution in [0.25, 0.3) is 0 Å². The number of rotatable bonds is 5. The first-order valence-electron chi connectivity index (χ1n) is 7.96. The Morgan fingerprint density at radius 1 is 0.923 bits per heavy atom. The number of pyridine rings is 1. The molecule has 0 bridgehead atoms. The quantitative estimate of drug-likeness (QED) is 0.712. The molecule has 0 fully saturated rings. The van der Waals surface area contributed by atoms with Crippen LogP contribution >= 0.6 is 11.6 Å². The van der Waals surface area contributed by atoms with Crippen LogP contribution in [0.2, 0.25) is 5.02 Å². The van der Waals surface area contributed by atoms with Crippen molar-refractivity contribution in [2.75, 3.05) is 10.6 Å². The summed E-state index contributed by atoms with van der Waals surface area (Å²) < 4.78 is 0. The van der Waals surface area contributed by atoms with Crippen LogP contribution in [-0.2, 0) is 11.2 Å². The highest BCUT2D eigenvalue weighted by Crippen LogP contribution is 2.17. The molecule has 0 radical (unpaired) electrons. The van der Waals surface area contributed by atoms with Crippen molar-refractivity contribution in [3.05, 3.63) is 89.2 Å². The van der Waals surface area contributed by atoms with E-state index in [0.29, 0.717) is 22.0 Å². The van der Waals surface area contributed by atoms with Crippen molar-refractivity contribution in [2.24, 2.45) is 0 Å². The third kappa shape index (κ3) is 4.91. The van der Waals surface area contributed by atoms with Crippen molar-refractivity contribution >= 4 is 34.8 Å². The molecule has 2 N–H and O–H groups in total. The summed E-state index contributed by atoms with van der Waals surface area (Å²) in [6.07, 6.45) is 3.31. The van der Waals surface area contributed by atoms with Crippen molar-refractivity contribution in [1.82, 2.24) is 4.98 Å². The summed E-state index contributed by atoms with van der Waals surface area (Å²) in [7, 11) is 0. The fourth-order valence-corrected chi connectivity index (χ4v) is 2.63. The number of nitrogens with one attached hydrogen (secondary N) is 2. The van der Waals surface area contributed by atoms with Gasteiger partial charge in [-0.1, -0.05) is 29.8 Å². The van der Waals surface area contributed by atoms with Crippen LogP contribution in [0.5, 0.6) is 0 Å². The number of benzene rings is 2. The largest absolute Gasteiger partial charge is 0.326 e. The first kappa shape index (κ1) is 17.6. The van der Waals surface area contributed by atoms with Crippen molar-refractivity contribution in [1.29, 1.82) is 0 Å². The van der Waals surface area contributed by atoms with Gasteiger partial charge in [0.25, 0.3) is 5.91 Å². The molecule has 1 heterocycles. The van der Waals surface area contributed by atoms with E-state index in [0.717, 1.165) is 5.56 Å². The zero-order chi connectivity index (χ0) is 18.4. The van der Waals surface area contributed by atoms with Gasteiger partial charge >= 0.3 is 0 Å². The van der Waals surface area contributed by atoms with Gasteiger partial charge in [-0.3, -0.25) is 14.6 Å². The SMILES string of the molecule is O=C(Cc1cccc(Cl)c1)Nc1cccc(NC(=O)c2cccnc2)c1. The number of carbonyl (C=O) groups excluding carboxylic acids is 2. The first-order valence-corrected chi connectivity index (χ1v) is 8.34. The van der Waals surface area contributed by atoms with Crippen LogP contribution < -0.4 is 10.6 Å². The molecular formula is C20H16ClN3O2. The van der Waals surface area contributed by atoms with E-state index >= 15 is 0 Å². The second-order valence-corrected chi connectivity index (χ2v) is 6.07. The summed E-state index contributed by atoms with van der Waals surface area (Å²) in [6, 6.07) is 17.5. The summed E-state index contributed by atoms with van der Waals surface area (Å²) in [5.74, 6) is -0.427.